The van der Waals surface area contributed by atoms with Crippen molar-refractivity contribution >= 4 is 28.6 Å². The molecule has 0 saturated heterocycles. The van der Waals surface area contributed by atoms with Crippen molar-refractivity contribution in [2.24, 2.45) is 7.05 Å². The van der Waals surface area contributed by atoms with Crippen molar-refractivity contribution in [2.45, 2.75) is 6.54 Å². The van der Waals surface area contributed by atoms with Gasteiger partial charge in [0.1, 0.15) is 12.2 Å². The van der Waals surface area contributed by atoms with Gasteiger partial charge < -0.3 is 10.4 Å². The molecule has 0 fully saturated rings. The van der Waals surface area contributed by atoms with Crippen LogP contribution in [0.2, 0.25) is 0 Å². The lowest BCUT2D eigenvalue weighted by Gasteiger charge is -2.03. The summed E-state index contributed by atoms with van der Waals surface area (Å²) in [5.41, 5.74) is 2.24. The lowest BCUT2D eigenvalue weighted by Crippen LogP contribution is -2.19. The Morgan fingerprint density at radius 3 is 2.68 bits per heavy atom. The number of hydrogen-bond acceptors (Lipinski definition) is 5. The SMILES string of the molecule is Cn1ncc(NC(=O)Cn2nc(-c3cccc(C(=O)O)c3)c3ccccc32)n1. The molecule has 9 nitrogen and oxygen atoms in total. The van der Waals surface area contributed by atoms with Gasteiger partial charge in [-0.3, -0.25) is 9.48 Å². The molecule has 0 aliphatic carbocycles. The summed E-state index contributed by atoms with van der Waals surface area (Å²) in [6.45, 7) is -0.0181. The molecule has 0 unspecified atom stereocenters. The van der Waals surface area contributed by atoms with E-state index in [1.165, 1.54) is 17.1 Å². The number of carboxylic acids is 1. The molecule has 4 aromatic rings. The Balaban J connectivity index is 1.69. The standard InChI is InChI=1S/C19H16N6O3/c1-24-20-10-16(22-24)21-17(26)11-25-15-8-3-2-7-14(15)18(23-25)12-5-4-6-13(9-12)19(27)28/h2-10H,11H2,1H3,(H,27,28)(H,21,22,26). The highest BCUT2D eigenvalue weighted by Gasteiger charge is 2.16. The molecule has 2 N–H and O–H groups in total. The fraction of sp³-hybridized carbons (Fsp3) is 0.105. The van der Waals surface area contributed by atoms with Crippen molar-refractivity contribution in [3.05, 3.63) is 60.3 Å². The Morgan fingerprint density at radius 1 is 1.11 bits per heavy atom. The minimum atomic E-state index is -1.01. The highest BCUT2D eigenvalue weighted by Crippen LogP contribution is 2.28. The van der Waals surface area contributed by atoms with Crippen molar-refractivity contribution in [1.82, 2.24) is 24.8 Å². The highest BCUT2D eigenvalue weighted by atomic mass is 16.4. The van der Waals surface area contributed by atoms with E-state index in [-0.39, 0.29) is 18.0 Å². The number of carbonyl (C=O) groups excluding carboxylic acids is 1. The fourth-order valence-electron chi connectivity index (χ4n) is 2.98. The van der Waals surface area contributed by atoms with E-state index in [0.717, 1.165) is 10.9 Å². The smallest absolute Gasteiger partial charge is 0.335 e. The number of hydrogen-bond donors (Lipinski definition) is 2. The van der Waals surface area contributed by atoms with E-state index in [2.05, 4.69) is 20.6 Å². The molecule has 2 aromatic carbocycles. The van der Waals surface area contributed by atoms with E-state index < -0.39 is 5.97 Å². The first-order valence-corrected chi connectivity index (χ1v) is 8.47. The number of fused-ring (bicyclic) bond motifs is 1. The molecule has 140 valence electrons. The van der Waals surface area contributed by atoms with Crippen LogP contribution in [-0.4, -0.2) is 41.8 Å². The monoisotopic (exact) mass is 376 g/mol. The zero-order chi connectivity index (χ0) is 19.7. The molecule has 1 amide bonds. The molecule has 0 spiro atoms. The zero-order valence-electron chi connectivity index (χ0n) is 14.9. The number of para-hydroxylation sites is 1. The first kappa shape index (κ1) is 17.4. The molecular weight excluding hydrogens is 360 g/mol. The van der Waals surface area contributed by atoms with Gasteiger partial charge in [0.25, 0.3) is 0 Å². The Labute approximate surface area is 159 Å². The van der Waals surface area contributed by atoms with Gasteiger partial charge in [0.05, 0.1) is 17.3 Å². The number of nitrogens with zero attached hydrogens (tertiary/aromatic N) is 5. The second-order valence-electron chi connectivity index (χ2n) is 6.18. The van der Waals surface area contributed by atoms with Gasteiger partial charge in [-0.2, -0.15) is 15.0 Å². The fourth-order valence-corrected chi connectivity index (χ4v) is 2.98. The Bertz CT molecular complexity index is 1190. The van der Waals surface area contributed by atoms with Crippen LogP contribution in [-0.2, 0) is 18.4 Å². The minimum Gasteiger partial charge on any atom is -0.478 e. The van der Waals surface area contributed by atoms with Crippen LogP contribution in [0, 0.1) is 0 Å². The van der Waals surface area contributed by atoms with Crippen LogP contribution in [0.5, 0.6) is 0 Å². The molecule has 2 aromatic heterocycles. The maximum Gasteiger partial charge on any atom is 0.335 e. The van der Waals surface area contributed by atoms with Crippen molar-refractivity contribution in [3.8, 4) is 11.3 Å². The third-order valence-electron chi connectivity index (χ3n) is 4.20. The number of rotatable bonds is 5. The number of nitrogens with one attached hydrogen (secondary N) is 1. The number of anilines is 1. The summed E-state index contributed by atoms with van der Waals surface area (Å²) in [6, 6.07) is 14.1. The summed E-state index contributed by atoms with van der Waals surface area (Å²) < 4.78 is 1.59. The van der Waals surface area contributed by atoms with Crippen LogP contribution >= 0.6 is 0 Å². The van der Waals surface area contributed by atoms with Gasteiger partial charge >= 0.3 is 5.97 Å². The van der Waals surface area contributed by atoms with E-state index in [0.29, 0.717) is 17.1 Å². The van der Waals surface area contributed by atoms with Crippen LogP contribution in [0.15, 0.2) is 54.7 Å². The lowest BCUT2D eigenvalue weighted by atomic mass is 10.1. The van der Waals surface area contributed by atoms with Gasteiger partial charge in [0.2, 0.25) is 5.91 Å². The van der Waals surface area contributed by atoms with Crippen molar-refractivity contribution in [1.29, 1.82) is 0 Å². The van der Waals surface area contributed by atoms with E-state index in [4.69, 9.17) is 0 Å². The van der Waals surface area contributed by atoms with Crippen molar-refractivity contribution in [3.63, 3.8) is 0 Å². The van der Waals surface area contributed by atoms with Crippen LogP contribution in [0.1, 0.15) is 10.4 Å². The first-order valence-electron chi connectivity index (χ1n) is 8.47. The van der Waals surface area contributed by atoms with Gasteiger partial charge in [-0.25, -0.2) is 4.79 Å². The number of amides is 1. The summed E-state index contributed by atoms with van der Waals surface area (Å²) in [4.78, 5) is 25.0. The third-order valence-corrected chi connectivity index (χ3v) is 4.20. The molecule has 0 saturated carbocycles. The molecular formula is C19H16N6O3. The third kappa shape index (κ3) is 3.32. The number of aromatic nitrogens is 5. The average molecular weight is 376 g/mol. The van der Waals surface area contributed by atoms with Gasteiger partial charge in [-0.1, -0.05) is 30.3 Å². The maximum atomic E-state index is 12.4. The van der Waals surface area contributed by atoms with Crippen LogP contribution in [0.4, 0.5) is 5.82 Å². The minimum absolute atomic E-state index is 0.0181. The maximum absolute atomic E-state index is 12.4. The molecule has 0 radical (unpaired) electrons. The van der Waals surface area contributed by atoms with Gasteiger partial charge in [0.15, 0.2) is 5.82 Å². The Kier molecular flexibility index (Phi) is 4.32. The molecule has 0 aliphatic rings. The summed E-state index contributed by atoms with van der Waals surface area (Å²) in [5, 5.41) is 25.3. The number of aryl methyl sites for hydroxylation is 1. The number of benzene rings is 2. The average Bonchev–Trinajstić information content (AvgIpc) is 3.25. The van der Waals surface area contributed by atoms with E-state index in [9.17, 15) is 14.7 Å². The number of carboxylic acid groups (broad SMARTS) is 1. The summed E-state index contributed by atoms with van der Waals surface area (Å²) in [6.07, 6.45) is 1.46. The van der Waals surface area contributed by atoms with Crippen molar-refractivity contribution < 1.29 is 14.7 Å². The molecule has 0 atom stereocenters. The summed E-state index contributed by atoms with van der Waals surface area (Å²) >= 11 is 0. The quantitative estimate of drug-likeness (QED) is 0.552. The molecule has 0 aliphatic heterocycles. The normalized spacial score (nSPS) is 10.9. The van der Waals surface area contributed by atoms with E-state index in [1.807, 2.05) is 24.3 Å². The number of aromatic carboxylic acids is 1. The summed E-state index contributed by atoms with van der Waals surface area (Å²) in [7, 11) is 1.66. The molecule has 2 heterocycles. The van der Waals surface area contributed by atoms with E-state index in [1.54, 1.807) is 29.9 Å². The highest BCUT2D eigenvalue weighted by molar-refractivity contribution is 5.97. The Hall–Kier alpha value is -4.01. The molecule has 4 rings (SSSR count). The molecule has 9 heteroatoms. The van der Waals surface area contributed by atoms with Crippen molar-refractivity contribution in [2.75, 3.05) is 5.32 Å². The first-order chi connectivity index (χ1) is 13.5. The second-order valence-corrected chi connectivity index (χ2v) is 6.18. The Morgan fingerprint density at radius 2 is 1.93 bits per heavy atom. The predicted molar refractivity (Wildman–Crippen MR) is 102 cm³/mol. The van der Waals surface area contributed by atoms with Crippen LogP contribution in [0.3, 0.4) is 0 Å². The second kappa shape index (κ2) is 6.95. The predicted octanol–water partition coefficient (Wildman–Crippen LogP) is 2.17. The van der Waals surface area contributed by atoms with E-state index >= 15 is 0 Å². The zero-order valence-corrected chi connectivity index (χ0v) is 14.9. The largest absolute Gasteiger partial charge is 0.478 e. The van der Waals surface area contributed by atoms with Gasteiger partial charge in [0, 0.05) is 18.0 Å². The van der Waals surface area contributed by atoms with Gasteiger partial charge in [-0.05, 0) is 18.2 Å². The molecule has 0 bridgehead atoms. The summed E-state index contributed by atoms with van der Waals surface area (Å²) in [5.74, 6) is -0.938. The molecule has 28 heavy (non-hydrogen) atoms. The van der Waals surface area contributed by atoms with Crippen LogP contribution < -0.4 is 5.32 Å². The number of carbonyl (C=O) groups is 2. The van der Waals surface area contributed by atoms with Crippen LogP contribution in [0.25, 0.3) is 22.2 Å². The van der Waals surface area contributed by atoms with Gasteiger partial charge in [-0.15, -0.1) is 5.10 Å². The lowest BCUT2D eigenvalue weighted by molar-refractivity contribution is -0.116. The topological polar surface area (TPSA) is 115 Å².